The minimum atomic E-state index is 0. The molecule has 0 saturated heterocycles. The molecule has 5 heteroatoms. The van der Waals surface area contributed by atoms with Gasteiger partial charge in [0.1, 0.15) is 6.61 Å². The maximum atomic E-state index is 11.4. The van der Waals surface area contributed by atoms with Crippen molar-refractivity contribution in [3.63, 3.8) is 0 Å². The van der Waals surface area contributed by atoms with Crippen molar-refractivity contribution < 1.29 is 15.0 Å². The van der Waals surface area contributed by atoms with E-state index in [1.54, 1.807) is 11.9 Å². The average molecular weight is 221 g/mol. The summed E-state index contributed by atoms with van der Waals surface area (Å²) in [6, 6.07) is 0. The largest absolute Gasteiger partial charge is 0.464 e. The molecule has 0 radical (unpaired) electrons. The van der Waals surface area contributed by atoms with E-state index in [1.807, 2.05) is 6.26 Å². The highest BCUT2D eigenvalue weighted by Crippen LogP contribution is 2.25. The lowest BCUT2D eigenvalue weighted by atomic mass is 10.1. The Morgan fingerprint density at radius 2 is 2.14 bits per heavy atom. The van der Waals surface area contributed by atoms with Crippen LogP contribution in [0.2, 0.25) is 0 Å². The van der Waals surface area contributed by atoms with Gasteiger partial charge in [-0.2, -0.15) is 0 Å². The summed E-state index contributed by atoms with van der Waals surface area (Å²) in [5.41, 5.74) is 0. The Bertz CT molecular complexity index is 160. The molecule has 0 aromatic carbocycles. The van der Waals surface area contributed by atoms with E-state index in [-0.39, 0.29) is 17.4 Å². The predicted octanol–water partition coefficient (Wildman–Crippen LogP) is 0.763. The molecular weight excluding hydrogens is 202 g/mol. The van der Waals surface area contributed by atoms with Gasteiger partial charge in [-0.05, 0) is 19.1 Å². The first-order chi connectivity index (χ1) is 6.34. The van der Waals surface area contributed by atoms with E-state index >= 15 is 0 Å². The Morgan fingerprint density at radius 3 is 2.71 bits per heavy atom. The first-order valence-corrected chi connectivity index (χ1v) is 5.99. The van der Waals surface area contributed by atoms with Crippen molar-refractivity contribution in [3.8, 4) is 0 Å². The Balaban J connectivity index is 0.00000169. The van der Waals surface area contributed by atoms with Crippen LogP contribution in [0.5, 0.6) is 0 Å². The minimum absolute atomic E-state index is 0. The fourth-order valence-corrected chi connectivity index (χ4v) is 1.86. The number of hydrogen-bond acceptors (Lipinski definition) is 4. The quantitative estimate of drug-likeness (QED) is 0.423. The van der Waals surface area contributed by atoms with E-state index in [2.05, 4.69) is 4.72 Å². The summed E-state index contributed by atoms with van der Waals surface area (Å²) in [6.45, 7) is 1.23. The molecule has 0 heterocycles. The Kier molecular flexibility index (Phi) is 7.93. The highest BCUT2D eigenvalue weighted by Gasteiger charge is 2.23. The molecule has 3 N–H and O–H groups in total. The smallest absolute Gasteiger partial charge is 0.308 e. The van der Waals surface area contributed by atoms with Gasteiger partial charge in [-0.3, -0.25) is 9.52 Å². The van der Waals surface area contributed by atoms with Crippen LogP contribution in [0.1, 0.15) is 25.7 Å². The summed E-state index contributed by atoms with van der Waals surface area (Å²) in [4.78, 5) is 11.4. The zero-order valence-corrected chi connectivity index (χ0v) is 9.36. The Labute approximate surface area is 89.2 Å². The Hall–Kier alpha value is -0.260. The summed E-state index contributed by atoms with van der Waals surface area (Å²) in [5.74, 6) is 0.190. The molecule has 14 heavy (non-hydrogen) atoms. The molecule has 0 aromatic rings. The first-order valence-electron chi connectivity index (χ1n) is 4.77. The molecule has 0 aromatic heterocycles. The third-order valence-corrected chi connectivity index (χ3v) is 2.77. The second-order valence-corrected chi connectivity index (χ2v) is 3.94. The topological polar surface area (TPSA) is 69.8 Å². The van der Waals surface area contributed by atoms with E-state index in [0.29, 0.717) is 6.61 Å². The van der Waals surface area contributed by atoms with Crippen molar-refractivity contribution in [1.29, 1.82) is 0 Å². The monoisotopic (exact) mass is 221 g/mol. The standard InChI is InChI=1S/C9H17NO2S.H2O/c1-13-10-6-7-12-9(11)8-4-2-3-5-8;/h8,10H,2-7H2,1H3;1H2. The molecule has 0 amide bonds. The minimum Gasteiger partial charge on any atom is -0.464 e. The van der Waals surface area contributed by atoms with Gasteiger partial charge in [0.05, 0.1) is 5.92 Å². The second kappa shape index (κ2) is 8.08. The molecule has 84 valence electrons. The van der Waals surface area contributed by atoms with Crippen LogP contribution in [0.25, 0.3) is 0 Å². The number of nitrogens with one attached hydrogen (secondary N) is 1. The van der Waals surface area contributed by atoms with Gasteiger partial charge in [-0.1, -0.05) is 24.8 Å². The van der Waals surface area contributed by atoms with Crippen LogP contribution in [0, 0.1) is 5.92 Å². The molecule has 0 spiro atoms. The molecule has 1 aliphatic rings. The highest BCUT2D eigenvalue weighted by atomic mass is 32.2. The van der Waals surface area contributed by atoms with Gasteiger partial charge < -0.3 is 10.2 Å². The fraction of sp³-hybridized carbons (Fsp3) is 0.889. The van der Waals surface area contributed by atoms with Crippen molar-refractivity contribution in [2.45, 2.75) is 25.7 Å². The van der Waals surface area contributed by atoms with E-state index in [4.69, 9.17) is 4.74 Å². The maximum Gasteiger partial charge on any atom is 0.308 e. The summed E-state index contributed by atoms with van der Waals surface area (Å²) >= 11 is 1.54. The number of carbonyl (C=O) groups is 1. The van der Waals surface area contributed by atoms with Crippen LogP contribution in [0.4, 0.5) is 0 Å². The normalized spacial score (nSPS) is 16.4. The Morgan fingerprint density at radius 1 is 1.50 bits per heavy atom. The van der Waals surface area contributed by atoms with Crippen molar-refractivity contribution >= 4 is 17.9 Å². The zero-order chi connectivity index (χ0) is 9.52. The molecule has 4 nitrogen and oxygen atoms in total. The van der Waals surface area contributed by atoms with Crippen molar-refractivity contribution in [2.75, 3.05) is 19.4 Å². The lowest BCUT2D eigenvalue weighted by Crippen LogP contribution is -2.20. The number of carbonyl (C=O) groups excluding carboxylic acids is 1. The average Bonchev–Trinajstić information content (AvgIpc) is 2.65. The van der Waals surface area contributed by atoms with Crippen molar-refractivity contribution in [2.24, 2.45) is 5.92 Å². The van der Waals surface area contributed by atoms with Gasteiger partial charge in [0, 0.05) is 6.54 Å². The molecule has 0 unspecified atom stereocenters. The number of ether oxygens (including phenoxy) is 1. The maximum absolute atomic E-state index is 11.4. The molecule has 0 aliphatic heterocycles. The summed E-state index contributed by atoms with van der Waals surface area (Å²) in [7, 11) is 0. The third-order valence-electron chi connectivity index (χ3n) is 2.28. The lowest BCUT2D eigenvalue weighted by Gasteiger charge is -2.09. The third kappa shape index (κ3) is 4.83. The number of hydrogen-bond donors (Lipinski definition) is 1. The predicted molar refractivity (Wildman–Crippen MR) is 58.0 cm³/mol. The molecule has 1 aliphatic carbocycles. The first kappa shape index (κ1) is 13.7. The van der Waals surface area contributed by atoms with Crippen molar-refractivity contribution in [1.82, 2.24) is 4.72 Å². The molecular formula is C9H19NO3S. The van der Waals surface area contributed by atoms with Gasteiger partial charge in [-0.15, -0.1) is 0 Å². The van der Waals surface area contributed by atoms with Crippen LogP contribution in [-0.4, -0.2) is 30.9 Å². The lowest BCUT2D eigenvalue weighted by molar-refractivity contribution is -0.148. The van der Waals surface area contributed by atoms with Gasteiger partial charge in [0.25, 0.3) is 0 Å². The molecule has 0 bridgehead atoms. The number of rotatable bonds is 5. The van der Waals surface area contributed by atoms with Crippen molar-refractivity contribution in [3.05, 3.63) is 0 Å². The van der Waals surface area contributed by atoms with Crippen LogP contribution < -0.4 is 4.72 Å². The van der Waals surface area contributed by atoms with Gasteiger partial charge >= 0.3 is 5.97 Å². The van der Waals surface area contributed by atoms with Gasteiger partial charge in [0.2, 0.25) is 0 Å². The van der Waals surface area contributed by atoms with E-state index in [0.717, 1.165) is 19.4 Å². The molecule has 1 fully saturated rings. The van der Waals surface area contributed by atoms with Crippen LogP contribution in [-0.2, 0) is 9.53 Å². The van der Waals surface area contributed by atoms with Gasteiger partial charge in [-0.25, -0.2) is 0 Å². The molecule has 0 atom stereocenters. The summed E-state index contributed by atoms with van der Waals surface area (Å²) < 4.78 is 8.15. The van der Waals surface area contributed by atoms with Crippen LogP contribution in [0.3, 0.4) is 0 Å². The van der Waals surface area contributed by atoms with E-state index < -0.39 is 0 Å². The van der Waals surface area contributed by atoms with E-state index in [9.17, 15) is 4.79 Å². The van der Waals surface area contributed by atoms with Crippen LogP contribution in [0.15, 0.2) is 0 Å². The van der Waals surface area contributed by atoms with Crippen LogP contribution >= 0.6 is 11.9 Å². The van der Waals surface area contributed by atoms with E-state index in [1.165, 1.54) is 12.8 Å². The zero-order valence-electron chi connectivity index (χ0n) is 8.54. The summed E-state index contributed by atoms with van der Waals surface area (Å²) in [5, 5.41) is 0. The summed E-state index contributed by atoms with van der Waals surface area (Å²) in [6.07, 6.45) is 6.37. The molecule has 1 saturated carbocycles. The highest BCUT2D eigenvalue weighted by molar-refractivity contribution is 7.96. The van der Waals surface area contributed by atoms with Gasteiger partial charge in [0.15, 0.2) is 0 Å². The molecule has 1 rings (SSSR count). The second-order valence-electron chi connectivity index (χ2n) is 3.25. The fourth-order valence-electron chi connectivity index (χ4n) is 1.57. The SMILES string of the molecule is CSNCCOC(=O)C1CCCC1.O. The number of esters is 1.